The van der Waals surface area contributed by atoms with Gasteiger partial charge in [0.25, 0.3) is 11.6 Å². The largest absolute Gasteiger partial charge is 0.416 e. The molecule has 0 atom stereocenters. The van der Waals surface area contributed by atoms with Gasteiger partial charge in [0, 0.05) is 38.3 Å². The highest BCUT2D eigenvalue weighted by molar-refractivity contribution is 5.98. The molecule has 3 rings (SSSR count). The normalized spacial score (nSPS) is 15.4. The zero-order chi connectivity index (χ0) is 21.2. The maximum Gasteiger partial charge on any atom is 0.416 e. The molecule has 0 aliphatic carbocycles. The first-order chi connectivity index (χ1) is 13.7. The van der Waals surface area contributed by atoms with Crippen molar-refractivity contribution >= 4 is 11.6 Å². The van der Waals surface area contributed by atoms with Gasteiger partial charge in [0.15, 0.2) is 0 Å². The molecule has 1 aliphatic heterocycles. The van der Waals surface area contributed by atoms with Crippen molar-refractivity contribution in [3.05, 3.63) is 74.8 Å². The van der Waals surface area contributed by atoms with Crippen LogP contribution >= 0.6 is 0 Å². The Hall–Kier alpha value is -2.94. The van der Waals surface area contributed by atoms with Gasteiger partial charge >= 0.3 is 6.18 Å². The number of nitrogens with zero attached hydrogens (tertiary/aromatic N) is 3. The van der Waals surface area contributed by atoms with Crippen molar-refractivity contribution in [1.29, 1.82) is 0 Å². The topological polar surface area (TPSA) is 66.7 Å². The predicted octanol–water partition coefficient (Wildman–Crippen LogP) is 3.88. The molecule has 1 heterocycles. The SMILES string of the molecule is Cc1cccc(C(=O)N2CCN(Cc3cccc(C(F)(F)F)c3)CC2)c1[N+](=O)[O-]. The predicted molar refractivity (Wildman–Crippen MR) is 100 cm³/mol. The average Bonchev–Trinajstić information content (AvgIpc) is 2.67. The minimum absolute atomic E-state index is 0.0568. The van der Waals surface area contributed by atoms with Crippen LogP contribution in [-0.4, -0.2) is 46.8 Å². The summed E-state index contributed by atoms with van der Waals surface area (Å²) < 4.78 is 38.6. The van der Waals surface area contributed by atoms with E-state index in [4.69, 9.17) is 0 Å². The first-order valence-corrected chi connectivity index (χ1v) is 9.08. The maximum absolute atomic E-state index is 12.9. The average molecular weight is 407 g/mol. The number of para-hydroxylation sites is 1. The Labute approximate surface area is 165 Å². The Morgan fingerprint density at radius 2 is 1.76 bits per heavy atom. The molecule has 1 saturated heterocycles. The van der Waals surface area contributed by atoms with Gasteiger partial charge in [0.05, 0.1) is 10.5 Å². The van der Waals surface area contributed by atoms with E-state index in [-0.39, 0.29) is 11.3 Å². The van der Waals surface area contributed by atoms with Gasteiger partial charge in [0.1, 0.15) is 5.56 Å². The molecule has 2 aromatic rings. The van der Waals surface area contributed by atoms with Crippen LogP contribution in [0.15, 0.2) is 42.5 Å². The molecule has 29 heavy (non-hydrogen) atoms. The number of hydrogen-bond acceptors (Lipinski definition) is 4. The molecule has 1 fully saturated rings. The quantitative estimate of drug-likeness (QED) is 0.570. The number of benzene rings is 2. The van der Waals surface area contributed by atoms with Gasteiger partial charge in [-0.25, -0.2) is 0 Å². The van der Waals surface area contributed by atoms with Crippen molar-refractivity contribution in [2.24, 2.45) is 0 Å². The number of nitro groups is 1. The first-order valence-electron chi connectivity index (χ1n) is 9.08. The number of hydrogen-bond donors (Lipinski definition) is 0. The lowest BCUT2D eigenvalue weighted by molar-refractivity contribution is -0.385. The monoisotopic (exact) mass is 407 g/mol. The fourth-order valence-electron chi connectivity index (χ4n) is 3.46. The molecule has 0 aromatic heterocycles. The van der Waals surface area contributed by atoms with E-state index in [1.165, 1.54) is 12.1 Å². The van der Waals surface area contributed by atoms with Crippen LogP contribution in [0, 0.1) is 17.0 Å². The second kappa shape index (κ2) is 8.20. The summed E-state index contributed by atoms with van der Waals surface area (Å²) in [4.78, 5) is 27.1. The number of piperazine rings is 1. The second-order valence-corrected chi connectivity index (χ2v) is 6.99. The van der Waals surface area contributed by atoms with Gasteiger partial charge in [-0.05, 0) is 24.6 Å². The Bertz CT molecular complexity index is 923. The van der Waals surface area contributed by atoms with Crippen LogP contribution in [0.2, 0.25) is 0 Å². The van der Waals surface area contributed by atoms with Gasteiger partial charge in [0.2, 0.25) is 0 Å². The van der Waals surface area contributed by atoms with Gasteiger partial charge in [-0.15, -0.1) is 0 Å². The number of amides is 1. The molecule has 6 nitrogen and oxygen atoms in total. The van der Waals surface area contributed by atoms with Crippen molar-refractivity contribution in [3.8, 4) is 0 Å². The molecule has 0 saturated carbocycles. The Morgan fingerprint density at radius 1 is 1.10 bits per heavy atom. The summed E-state index contributed by atoms with van der Waals surface area (Å²) >= 11 is 0. The molecule has 0 spiro atoms. The van der Waals surface area contributed by atoms with E-state index in [0.29, 0.717) is 43.9 Å². The van der Waals surface area contributed by atoms with Crippen molar-refractivity contribution in [2.75, 3.05) is 26.2 Å². The molecule has 2 aromatic carbocycles. The minimum atomic E-state index is -4.39. The van der Waals surface area contributed by atoms with Crippen LogP contribution in [0.1, 0.15) is 27.0 Å². The van der Waals surface area contributed by atoms with Gasteiger partial charge in [-0.2, -0.15) is 13.2 Å². The molecular formula is C20H20F3N3O3. The Morgan fingerprint density at radius 3 is 2.38 bits per heavy atom. The first kappa shape index (κ1) is 20.8. The Kier molecular flexibility index (Phi) is 5.88. The van der Waals surface area contributed by atoms with E-state index < -0.39 is 22.6 Å². The number of nitro benzene ring substituents is 1. The molecule has 154 valence electrons. The molecule has 0 bridgehead atoms. The fraction of sp³-hybridized carbons (Fsp3) is 0.350. The highest BCUT2D eigenvalue weighted by Gasteiger charge is 2.31. The van der Waals surface area contributed by atoms with Crippen molar-refractivity contribution < 1.29 is 22.9 Å². The summed E-state index contributed by atoms with van der Waals surface area (Å²) in [5, 5.41) is 11.3. The summed E-state index contributed by atoms with van der Waals surface area (Å²) in [6.45, 7) is 3.58. The fourth-order valence-corrected chi connectivity index (χ4v) is 3.46. The lowest BCUT2D eigenvalue weighted by atomic mass is 10.1. The second-order valence-electron chi connectivity index (χ2n) is 6.99. The number of rotatable bonds is 4. The number of carbonyl (C=O) groups is 1. The molecule has 1 amide bonds. The summed E-state index contributed by atoms with van der Waals surface area (Å²) in [6, 6.07) is 9.84. The summed E-state index contributed by atoms with van der Waals surface area (Å²) in [6.07, 6.45) is -4.39. The lowest BCUT2D eigenvalue weighted by Gasteiger charge is -2.34. The number of carbonyl (C=O) groups excluding carboxylic acids is 1. The zero-order valence-electron chi connectivity index (χ0n) is 15.8. The Balaban J connectivity index is 1.65. The smallest absolute Gasteiger partial charge is 0.336 e. The third kappa shape index (κ3) is 4.73. The molecule has 0 radical (unpaired) electrons. The van der Waals surface area contributed by atoms with Crippen molar-refractivity contribution in [3.63, 3.8) is 0 Å². The van der Waals surface area contributed by atoms with E-state index in [2.05, 4.69) is 0 Å². The third-order valence-electron chi connectivity index (χ3n) is 4.97. The third-order valence-corrected chi connectivity index (χ3v) is 4.97. The highest BCUT2D eigenvalue weighted by Crippen LogP contribution is 2.30. The van der Waals surface area contributed by atoms with E-state index in [1.54, 1.807) is 30.0 Å². The molecule has 0 unspecified atom stereocenters. The molecule has 1 aliphatic rings. The van der Waals surface area contributed by atoms with Crippen LogP contribution in [0.25, 0.3) is 0 Å². The van der Waals surface area contributed by atoms with Gasteiger partial charge in [-0.1, -0.05) is 30.3 Å². The zero-order valence-corrected chi connectivity index (χ0v) is 15.8. The maximum atomic E-state index is 12.9. The van der Waals surface area contributed by atoms with E-state index >= 15 is 0 Å². The summed E-state index contributed by atoms with van der Waals surface area (Å²) in [7, 11) is 0. The van der Waals surface area contributed by atoms with E-state index in [1.807, 2.05) is 4.90 Å². The van der Waals surface area contributed by atoms with E-state index in [9.17, 15) is 28.1 Å². The standard InChI is InChI=1S/C20H20F3N3O3/c1-14-4-2-7-17(18(14)26(28)29)19(27)25-10-8-24(9-11-25)13-15-5-3-6-16(12-15)20(21,22)23/h2-7,12H,8-11,13H2,1H3. The van der Waals surface area contributed by atoms with Gasteiger partial charge < -0.3 is 4.90 Å². The van der Waals surface area contributed by atoms with Crippen LogP contribution in [0.4, 0.5) is 18.9 Å². The highest BCUT2D eigenvalue weighted by atomic mass is 19.4. The summed E-state index contributed by atoms with van der Waals surface area (Å²) in [5.74, 6) is -0.404. The van der Waals surface area contributed by atoms with Crippen LogP contribution < -0.4 is 0 Å². The van der Waals surface area contributed by atoms with Crippen LogP contribution in [0.5, 0.6) is 0 Å². The van der Waals surface area contributed by atoms with Crippen LogP contribution in [0.3, 0.4) is 0 Å². The molecule has 0 N–H and O–H groups in total. The summed E-state index contributed by atoms with van der Waals surface area (Å²) in [5.41, 5.74) is 0.152. The lowest BCUT2D eigenvalue weighted by Crippen LogP contribution is -2.48. The van der Waals surface area contributed by atoms with Crippen LogP contribution in [-0.2, 0) is 12.7 Å². The van der Waals surface area contributed by atoms with Gasteiger partial charge in [-0.3, -0.25) is 19.8 Å². The minimum Gasteiger partial charge on any atom is -0.336 e. The molecule has 9 heteroatoms. The molecular weight excluding hydrogens is 387 g/mol. The van der Waals surface area contributed by atoms with Crippen molar-refractivity contribution in [2.45, 2.75) is 19.6 Å². The van der Waals surface area contributed by atoms with Crippen molar-refractivity contribution in [1.82, 2.24) is 9.80 Å². The number of halogens is 3. The van der Waals surface area contributed by atoms with E-state index in [0.717, 1.165) is 12.1 Å². The number of aryl methyl sites for hydroxylation is 1. The number of alkyl halides is 3.